The molecular weight excluding hydrogens is 332 g/mol. The second-order valence-electron chi connectivity index (χ2n) is 7.71. The minimum Gasteiger partial charge on any atom is -0.480 e. The van der Waals surface area contributed by atoms with Gasteiger partial charge in [-0.25, -0.2) is 4.79 Å². The fourth-order valence-corrected chi connectivity index (χ4v) is 4.84. The SMILES string of the molecule is O=C(O)C1C2CCCC2CN1C(=O)c1ccc(CN2CCCC2=O)cc1. The quantitative estimate of drug-likeness (QED) is 0.896. The summed E-state index contributed by atoms with van der Waals surface area (Å²) in [6, 6.07) is 6.55. The number of rotatable bonds is 4. The predicted octanol–water partition coefficient (Wildman–Crippen LogP) is 2.13. The van der Waals surface area contributed by atoms with Crippen LogP contribution in [0.4, 0.5) is 0 Å². The molecule has 2 saturated heterocycles. The Labute approximate surface area is 152 Å². The van der Waals surface area contributed by atoms with Gasteiger partial charge < -0.3 is 14.9 Å². The molecule has 1 aromatic carbocycles. The molecule has 6 nitrogen and oxygen atoms in total. The average molecular weight is 356 g/mol. The number of carbonyl (C=O) groups excluding carboxylic acids is 2. The van der Waals surface area contributed by atoms with Gasteiger partial charge in [-0.2, -0.15) is 0 Å². The molecule has 1 N–H and O–H groups in total. The van der Waals surface area contributed by atoms with Gasteiger partial charge in [0.1, 0.15) is 6.04 Å². The number of fused-ring (bicyclic) bond motifs is 1. The summed E-state index contributed by atoms with van der Waals surface area (Å²) in [5.74, 6) is -0.497. The Morgan fingerprint density at radius 2 is 1.88 bits per heavy atom. The van der Waals surface area contributed by atoms with E-state index in [2.05, 4.69) is 0 Å². The van der Waals surface area contributed by atoms with Crippen LogP contribution in [0, 0.1) is 11.8 Å². The summed E-state index contributed by atoms with van der Waals surface area (Å²) in [5.41, 5.74) is 1.51. The van der Waals surface area contributed by atoms with Gasteiger partial charge in [0, 0.05) is 31.6 Å². The number of carbonyl (C=O) groups is 3. The molecule has 2 amide bonds. The van der Waals surface area contributed by atoms with E-state index in [1.54, 1.807) is 17.0 Å². The smallest absolute Gasteiger partial charge is 0.326 e. The van der Waals surface area contributed by atoms with Gasteiger partial charge in [-0.05, 0) is 48.8 Å². The summed E-state index contributed by atoms with van der Waals surface area (Å²) >= 11 is 0. The maximum absolute atomic E-state index is 12.9. The average Bonchev–Trinajstić information content (AvgIpc) is 3.31. The van der Waals surface area contributed by atoms with Crippen molar-refractivity contribution in [1.29, 1.82) is 0 Å². The maximum atomic E-state index is 12.9. The molecule has 2 heterocycles. The lowest BCUT2D eigenvalue weighted by molar-refractivity contribution is -0.142. The molecule has 2 aliphatic heterocycles. The molecule has 3 unspecified atom stereocenters. The van der Waals surface area contributed by atoms with E-state index in [-0.39, 0.29) is 17.7 Å². The van der Waals surface area contributed by atoms with Gasteiger partial charge in [0.15, 0.2) is 0 Å². The molecule has 1 aromatic rings. The molecule has 0 spiro atoms. The first kappa shape index (κ1) is 17.1. The highest BCUT2D eigenvalue weighted by Gasteiger charge is 2.49. The Morgan fingerprint density at radius 3 is 2.54 bits per heavy atom. The van der Waals surface area contributed by atoms with Crippen molar-refractivity contribution in [2.75, 3.05) is 13.1 Å². The van der Waals surface area contributed by atoms with Crippen molar-refractivity contribution in [2.45, 2.75) is 44.7 Å². The van der Waals surface area contributed by atoms with Crippen molar-refractivity contribution >= 4 is 17.8 Å². The van der Waals surface area contributed by atoms with E-state index in [1.807, 2.05) is 17.0 Å². The van der Waals surface area contributed by atoms with Crippen LogP contribution in [0.15, 0.2) is 24.3 Å². The lowest BCUT2D eigenvalue weighted by Crippen LogP contribution is -2.43. The second-order valence-corrected chi connectivity index (χ2v) is 7.71. The number of hydrogen-bond acceptors (Lipinski definition) is 3. The Bertz CT molecular complexity index is 730. The summed E-state index contributed by atoms with van der Waals surface area (Å²) in [5, 5.41) is 9.62. The largest absolute Gasteiger partial charge is 0.480 e. The number of carboxylic acids is 1. The highest BCUT2D eigenvalue weighted by molar-refractivity contribution is 5.97. The zero-order valence-corrected chi connectivity index (χ0v) is 14.8. The van der Waals surface area contributed by atoms with E-state index in [1.165, 1.54) is 0 Å². The zero-order chi connectivity index (χ0) is 18.3. The maximum Gasteiger partial charge on any atom is 0.326 e. The molecule has 3 aliphatic rings. The van der Waals surface area contributed by atoms with Crippen LogP contribution >= 0.6 is 0 Å². The van der Waals surface area contributed by atoms with Crippen LogP contribution < -0.4 is 0 Å². The highest BCUT2D eigenvalue weighted by Crippen LogP contribution is 2.42. The third-order valence-corrected chi connectivity index (χ3v) is 6.15. The number of likely N-dealkylation sites (tertiary alicyclic amines) is 2. The van der Waals surface area contributed by atoms with Crippen molar-refractivity contribution in [1.82, 2.24) is 9.80 Å². The van der Waals surface area contributed by atoms with E-state index in [0.29, 0.717) is 31.0 Å². The van der Waals surface area contributed by atoms with Crippen molar-refractivity contribution in [3.63, 3.8) is 0 Å². The van der Waals surface area contributed by atoms with Crippen LogP contribution in [0.5, 0.6) is 0 Å². The summed E-state index contributed by atoms with van der Waals surface area (Å²) < 4.78 is 0. The minimum absolute atomic E-state index is 0.0944. The molecule has 4 rings (SSSR count). The van der Waals surface area contributed by atoms with Gasteiger partial charge in [0.25, 0.3) is 5.91 Å². The van der Waals surface area contributed by atoms with Gasteiger partial charge in [0.2, 0.25) is 5.91 Å². The zero-order valence-electron chi connectivity index (χ0n) is 14.8. The number of amides is 2. The van der Waals surface area contributed by atoms with Crippen molar-refractivity contribution in [2.24, 2.45) is 11.8 Å². The number of hydrogen-bond donors (Lipinski definition) is 1. The molecule has 3 fully saturated rings. The standard InChI is InChI=1S/C20H24N2O4/c23-17-5-2-10-21(17)11-13-6-8-14(9-7-13)19(24)22-12-15-3-1-4-16(15)18(22)20(25)26/h6-9,15-16,18H,1-5,10-12H2,(H,25,26). The summed E-state index contributed by atoms with van der Waals surface area (Å²) in [7, 11) is 0. The summed E-state index contributed by atoms with van der Waals surface area (Å²) in [6.45, 7) is 1.90. The first-order valence-corrected chi connectivity index (χ1v) is 9.45. The first-order valence-electron chi connectivity index (χ1n) is 9.45. The van der Waals surface area contributed by atoms with E-state index in [0.717, 1.165) is 37.8 Å². The fraction of sp³-hybridized carbons (Fsp3) is 0.550. The Hall–Kier alpha value is -2.37. The third-order valence-electron chi connectivity index (χ3n) is 6.15. The molecule has 0 aromatic heterocycles. The normalized spacial score (nSPS) is 27.8. The van der Waals surface area contributed by atoms with Crippen LogP contribution in [-0.4, -0.2) is 51.8 Å². The first-order chi connectivity index (χ1) is 12.5. The van der Waals surface area contributed by atoms with Gasteiger partial charge in [0.05, 0.1) is 0 Å². The van der Waals surface area contributed by atoms with Crippen molar-refractivity contribution < 1.29 is 19.5 Å². The molecule has 0 bridgehead atoms. The number of benzene rings is 1. The van der Waals surface area contributed by atoms with E-state index < -0.39 is 12.0 Å². The summed E-state index contributed by atoms with van der Waals surface area (Å²) in [4.78, 5) is 39.8. The monoisotopic (exact) mass is 356 g/mol. The molecule has 1 saturated carbocycles. The predicted molar refractivity (Wildman–Crippen MR) is 94.4 cm³/mol. The van der Waals surface area contributed by atoms with E-state index in [9.17, 15) is 19.5 Å². The highest BCUT2D eigenvalue weighted by atomic mass is 16.4. The summed E-state index contributed by atoms with van der Waals surface area (Å²) in [6.07, 6.45) is 4.49. The molecule has 3 atom stereocenters. The Morgan fingerprint density at radius 1 is 1.12 bits per heavy atom. The van der Waals surface area contributed by atoms with Crippen LogP contribution in [0.2, 0.25) is 0 Å². The molecule has 6 heteroatoms. The van der Waals surface area contributed by atoms with E-state index in [4.69, 9.17) is 0 Å². The van der Waals surface area contributed by atoms with Gasteiger partial charge in [-0.3, -0.25) is 9.59 Å². The topological polar surface area (TPSA) is 77.9 Å². The molecule has 138 valence electrons. The number of carboxylic acid groups (broad SMARTS) is 1. The second kappa shape index (κ2) is 6.74. The number of nitrogens with zero attached hydrogens (tertiary/aromatic N) is 2. The van der Waals surface area contributed by atoms with Gasteiger partial charge >= 0.3 is 5.97 Å². The van der Waals surface area contributed by atoms with E-state index >= 15 is 0 Å². The van der Waals surface area contributed by atoms with Gasteiger partial charge in [-0.1, -0.05) is 18.6 Å². The van der Waals surface area contributed by atoms with Crippen LogP contribution in [-0.2, 0) is 16.1 Å². The van der Waals surface area contributed by atoms with Crippen molar-refractivity contribution in [3.8, 4) is 0 Å². The van der Waals surface area contributed by atoms with Crippen LogP contribution in [0.25, 0.3) is 0 Å². The molecular formula is C20H24N2O4. The lowest BCUT2D eigenvalue weighted by atomic mass is 9.94. The van der Waals surface area contributed by atoms with Crippen molar-refractivity contribution in [3.05, 3.63) is 35.4 Å². The molecule has 26 heavy (non-hydrogen) atoms. The van der Waals surface area contributed by atoms with Gasteiger partial charge in [-0.15, -0.1) is 0 Å². The number of aliphatic carboxylic acids is 1. The molecule has 0 radical (unpaired) electrons. The minimum atomic E-state index is -0.892. The van der Waals surface area contributed by atoms with Crippen LogP contribution in [0.1, 0.15) is 48.0 Å². The third kappa shape index (κ3) is 2.97. The van der Waals surface area contributed by atoms with Crippen LogP contribution in [0.3, 0.4) is 0 Å². The fourth-order valence-electron chi connectivity index (χ4n) is 4.84. The molecule has 1 aliphatic carbocycles. The Balaban J connectivity index is 1.47. The Kier molecular flexibility index (Phi) is 4.42. The lowest BCUT2D eigenvalue weighted by Gasteiger charge is -2.24.